The molecule has 1 saturated heterocycles. The summed E-state index contributed by atoms with van der Waals surface area (Å²) >= 11 is 0. The van der Waals surface area contributed by atoms with Crippen molar-refractivity contribution in [2.75, 3.05) is 52.4 Å². The molecular weight excluding hydrogens is 512 g/mol. The Labute approximate surface area is 230 Å². The predicted molar refractivity (Wildman–Crippen MR) is 143 cm³/mol. The average molecular weight is 559 g/mol. The molecule has 13 heteroatoms. The SMILES string of the molecule is CC(C)C(=O)CCC[C@H](C(=O)O)N1CCN(C(C)C(=O)O)CCN(C(C)C(=O)O)CCN(C(C)C(=O)O)CC1. The maximum atomic E-state index is 12.3. The number of nitrogens with zero attached hydrogens (tertiary/aromatic N) is 4. The van der Waals surface area contributed by atoms with E-state index in [-0.39, 0.29) is 76.9 Å². The molecule has 0 aromatic carbocycles. The van der Waals surface area contributed by atoms with Gasteiger partial charge in [0.15, 0.2) is 0 Å². The van der Waals surface area contributed by atoms with Crippen LogP contribution >= 0.6 is 0 Å². The zero-order valence-electron chi connectivity index (χ0n) is 23.8. The summed E-state index contributed by atoms with van der Waals surface area (Å²) in [6.07, 6.45) is 0.870. The normalized spacial score (nSPS) is 20.8. The monoisotopic (exact) mass is 558 g/mol. The molecule has 1 aliphatic rings. The third-order valence-electron chi connectivity index (χ3n) is 7.68. The van der Waals surface area contributed by atoms with Gasteiger partial charge in [-0.2, -0.15) is 0 Å². The topological polar surface area (TPSA) is 179 Å². The van der Waals surface area contributed by atoms with Gasteiger partial charge in [-0.1, -0.05) is 13.8 Å². The number of ketones is 1. The second-order valence-corrected chi connectivity index (χ2v) is 10.6. The van der Waals surface area contributed by atoms with Gasteiger partial charge in [0.2, 0.25) is 0 Å². The summed E-state index contributed by atoms with van der Waals surface area (Å²) in [7, 11) is 0. The van der Waals surface area contributed by atoms with Crippen LogP contribution in [0.1, 0.15) is 53.9 Å². The van der Waals surface area contributed by atoms with Crippen LogP contribution in [0.4, 0.5) is 0 Å². The van der Waals surface area contributed by atoms with Crippen molar-refractivity contribution in [2.45, 2.75) is 78.0 Å². The van der Waals surface area contributed by atoms with Gasteiger partial charge in [-0.05, 0) is 33.6 Å². The van der Waals surface area contributed by atoms with Crippen molar-refractivity contribution in [2.24, 2.45) is 5.92 Å². The van der Waals surface area contributed by atoms with Gasteiger partial charge in [0.1, 0.15) is 30.0 Å². The molecule has 0 radical (unpaired) electrons. The van der Waals surface area contributed by atoms with Gasteiger partial charge in [0, 0.05) is 64.7 Å². The van der Waals surface area contributed by atoms with E-state index in [0.29, 0.717) is 6.42 Å². The number of carboxylic acids is 4. The van der Waals surface area contributed by atoms with Crippen LogP contribution in [-0.2, 0) is 24.0 Å². The Morgan fingerprint density at radius 1 is 0.538 bits per heavy atom. The Morgan fingerprint density at radius 3 is 1.10 bits per heavy atom. The summed E-state index contributed by atoms with van der Waals surface area (Å²) in [5.41, 5.74) is 0. The van der Waals surface area contributed by atoms with E-state index in [0.717, 1.165) is 0 Å². The molecular formula is C26H46N4O9. The van der Waals surface area contributed by atoms with Crippen molar-refractivity contribution in [3.05, 3.63) is 0 Å². The van der Waals surface area contributed by atoms with E-state index in [9.17, 15) is 44.4 Å². The maximum Gasteiger partial charge on any atom is 0.320 e. The first-order chi connectivity index (χ1) is 18.2. The summed E-state index contributed by atoms with van der Waals surface area (Å²) < 4.78 is 0. The number of carbonyl (C=O) groups is 5. The van der Waals surface area contributed by atoms with Crippen molar-refractivity contribution in [1.29, 1.82) is 0 Å². The maximum absolute atomic E-state index is 12.3. The Balaban J connectivity index is 3.29. The fourth-order valence-corrected chi connectivity index (χ4v) is 4.64. The Kier molecular flexibility index (Phi) is 14.5. The van der Waals surface area contributed by atoms with E-state index in [1.54, 1.807) is 33.4 Å². The van der Waals surface area contributed by atoms with E-state index < -0.39 is 48.0 Å². The molecule has 13 nitrogen and oxygen atoms in total. The Morgan fingerprint density at radius 2 is 0.846 bits per heavy atom. The minimum atomic E-state index is -1.06. The second-order valence-electron chi connectivity index (χ2n) is 10.6. The molecule has 1 aliphatic heterocycles. The quantitative estimate of drug-likeness (QED) is 0.245. The number of carbonyl (C=O) groups excluding carboxylic acids is 1. The molecule has 39 heavy (non-hydrogen) atoms. The van der Waals surface area contributed by atoms with E-state index in [2.05, 4.69) is 0 Å². The number of carboxylic acid groups (broad SMARTS) is 4. The molecule has 1 rings (SSSR count). The highest BCUT2D eigenvalue weighted by atomic mass is 16.4. The summed E-state index contributed by atoms with van der Waals surface area (Å²) in [5, 5.41) is 39.0. The highest BCUT2D eigenvalue weighted by Crippen LogP contribution is 2.15. The molecule has 3 unspecified atom stereocenters. The van der Waals surface area contributed by atoms with Crippen molar-refractivity contribution in [3.63, 3.8) is 0 Å². The third-order valence-corrected chi connectivity index (χ3v) is 7.68. The van der Waals surface area contributed by atoms with E-state index in [1.165, 1.54) is 20.8 Å². The minimum Gasteiger partial charge on any atom is -0.480 e. The standard InChI is InChI=1S/C26H46N4O9/c1-17(2)22(31)8-6-7-21(26(38)39)30-15-13-28(19(4)24(34)35)11-9-27(18(3)23(32)33)10-12-29(14-16-30)20(5)25(36)37/h17-21H,6-16H2,1-5H3,(H,32,33)(H,34,35)(H,36,37)(H,38,39)/t18?,19?,20?,21-/m1/s1. The molecule has 1 heterocycles. The van der Waals surface area contributed by atoms with Gasteiger partial charge in [0.25, 0.3) is 0 Å². The summed E-state index contributed by atoms with van der Waals surface area (Å²) in [4.78, 5) is 66.5. The summed E-state index contributed by atoms with van der Waals surface area (Å²) in [6, 6.07) is -3.56. The Hall–Kier alpha value is -2.61. The highest BCUT2D eigenvalue weighted by molar-refractivity contribution is 5.80. The number of hydrogen-bond acceptors (Lipinski definition) is 9. The van der Waals surface area contributed by atoms with Crippen molar-refractivity contribution in [3.8, 4) is 0 Å². The lowest BCUT2D eigenvalue weighted by molar-refractivity contribution is -0.147. The largest absolute Gasteiger partial charge is 0.480 e. The number of aliphatic carboxylic acids is 4. The zero-order chi connectivity index (χ0) is 29.9. The highest BCUT2D eigenvalue weighted by Gasteiger charge is 2.31. The van der Waals surface area contributed by atoms with Crippen LogP contribution in [0.25, 0.3) is 0 Å². The van der Waals surface area contributed by atoms with Crippen molar-refractivity contribution in [1.82, 2.24) is 19.6 Å². The molecule has 4 N–H and O–H groups in total. The van der Waals surface area contributed by atoms with E-state index in [4.69, 9.17) is 0 Å². The fourth-order valence-electron chi connectivity index (χ4n) is 4.64. The molecule has 0 saturated carbocycles. The van der Waals surface area contributed by atoms with Gasteiger partial charge >= 0.3 is 23.9 Å². The van der Waals surface area contributed by atoms with Gasteiger partial charge in [-0.25, -0.2) is 0 Å². The van der Waals surface area contributed by atoms with E-state index in [1.807, 2.05) is 0 Å². The van der Waals surface area contributed by atoms with Gasteiger partial charge < -0.3 is 20.4 Å². The van der Waals surface area contributed by atoms with Crippen LogP contribution in [0, 0.1) is 5.92 Å². The minimum absolute atomic E-state index is 0.0518. The third kappa shape index (κ3) is 11.2. The van der Waals surface area contributed by atoms with Gasteiger partial charge in [-0.15, -0.1) is 0 Å². The van der Waals surface area contributed by atoms with Crippen molar-refractivity contribution < 1.29 is 44.4 Å². The molecule has 4 atom stereocenters. The number of hydrogen-bond donors (Lipinski definition) is 4. The smallest absolute Gasteiger partial charge is 0.320 e. The average Bonchev–Trinajstić information content (AvgIpc) is 2.85. The number of rotatable bonds is 13. The molecule has 0 amide bonds. The van der Waals surface area contributed by atoms with Crippen LogP contribution in [0.5, 0.6) is 0 Å². The molecule has 0 bridgehead atoms. The van der Waals surface area contributed by atoms with Crippen LogP contribution in [0.3, 0.4) is 0 Å². The van der Waals surface area contributed by atoms with Gasteiger partial charge in [-0.3, -0.25) is 43.6 Å². The predicted octanol–water partition coefficient (Wildman–Crippen LogP) is 0.476. The fraction of sp³-hybridized carbons (Fsp3) is 0.808. The molecule has 0 aliphatic carbocycles. The number of Topliss-reactive ketones (excluding diaryl/α,β-unsaturated/α-hetero) is 1. The summed E-state index contributed by atoms with van der Waals surface area (Å²) in [5.74, 6) is -4.28. The van der Waals surface area contributed by atoms with Gasteiger partial charge in [0.05, 0.1) is 0 Å². The molecule has 0 aromatic heterocycles. The lowest BCUT2D eigenvalue weighted by atomic mass is 10.0. The zero-order valence-corrected chi connectivity index (χ0v) is 23.8. The van der Waals surface area contributed by atoms with Crippen LogP contribution in [-0.4, -0.2) is 146 Å². The lowest BCUT2D eigenvalue weighted by Gasteiger charge is -2.38. The Bertz CT molecular complexity index is 817. The molecule has 1 fully saturated rings. The molecule has 0 spiro atoms. The van der Waals surface area contributed by atoms with Crippen LogP contribution in [0.15, 0.2) is 0 Å². The van der Waals surface area contributed by atoms with E-state index >= 15 is 0 Å². The lowest BCUT2D eigenvalue weighted by Crippen LogP contribution is -2.55. The molecule has 224 valence electrons. The first kappa shape index (κ1) is 34.4. The van der Waals surface area contributed by atoms with Crippen LogP contribution in [0.2, 0.25) is 0 Å². The summed E-state index contributed by atoms with van der Waals surface area (Å²) in [6.45, 7) is 9.96. The second kappa shape index (κ2) is 16.5. The first-order valence-electron chi connectivity index (χ1n) is 13.6. The van der Waals surface area contributed by atoms with Crippen LogP contribution < -0.4 is 0 Å². The first-order valence-corrected chi connectivity index (χ1v) is 13.6. The molecule has 0 aromatic rings. The van der Waals surface area contributed by atoms with Crippen molar-refractivity contribution >= 4 is 29.7 Å².